The Balaban J connectivity index is 1.07. The van der Waals surface area contributed by atoms with Crippen molar-refractivity contribution < 1.29 is 28.6 Å². The summed E-state index contributed by atoms with van der Waals surface area (Å²) in [4.78, 5) is 47.2. The molecule has 3 amide bonds. The number of fused-ring (bicyclic) bond motifs is 2. The van der Waals surface area contributed by atoms with Crippen LogP contribution in [0.3, 0.4) is 0 Å². The van der Waals surface area contributed by atoms with Gasteiger partial charge >= 0.3 is 0 Å². The minimum atomic E-state index is -1.77. The van der Waals surface area contributed by atoms with Crippen molar-refractivity contribution in [3.05, 3.63) is 138 Å². The lowest BCUT2D eigenvalue weighted by Crippen LogP contribution is -2.45. The zero-order chi connectivity index (χ0) is 37.1. The first-order valence-corrected chi connectivity index (χ1v) is 18.2. The van der Waals surface area contributed by atoms with Crippen LogP contribution < -0.4 is 9.80 Å². The molecule has 1 fully saturated rings. The maximum Gasteiger partial charge on any atom is 0.264 e. The van der Waals surface area contributed by atoms with Crippen LogP contribution in [0.2, 0.25) is 0 Å². The summed E-state index contributed by atoms with van der Waals surface area (Å²) in [6, 6.07) is 36.3. The zero-order valence-corrected chi connectivity index (χ0v) is 30.0. The van der Waals surface area contributed by atoms with Crippen LogP contribution in [0.15, 0.2) is 115 Å². The predicted octanol–water partition coefficient (Wildman–Crippen LogP) is 7.68. The summed E-state index contributed by atoms with van der Waals surface area (Å²) in [5.74, 6) is -2.04. The van der Waals surface area contributed by atoms with Gasteiger partial charge in [-0.3, -0.25) is 19.3 Å². The molecule has 1 spiro atoms. The van der Waals surface area contributed by atoms with Gasteiger partial charge in [-0.2, -0.15) is 0 Å². The van der Waals surface area contributed by atoms with Crippen LogP contribution in [0.1, 0.15) is 54.2 Å². The maximum absolute atomic E-state index is 16.3. The van der Waals surface area contributed by atoms with Crippen LogP contribution in [0.4, 0.5) is 21.5 Å². The molecule has 8 nitrogen and oxygen atoms in total. The van der Waals surface area contributed by atoms with Crippen molar-refractivity contribution in [1.82, 2.24) is 4.90 Å². The molecule has 5 aromatic rings. The Hall–Kier alpha value is -5.38. The van der Waals surface area contributed by atoms with Crippen LogP contribution in [-0.4, -0.2) is 52.7 Å². The molecule has 53 heavy (non-hydrogen) atoms. The van der Waals surface area contributed by atoms with Gasteiger partial charge in [0, 0.05) is 41.6 Å². The summed E-state index contributed by atoms with van der Waals surface area (Å²) in [5.41, 5.74) is 2.05. The Bertz CT molecular complexity index is 2210. The lowest BCUT2D eigenvalue weighted by Gasteiger charge is -2.32. The molecule has 0 unspecified atom stereocenters. The average molecular weight is 712 g/mol. The van der Waals surface area contributed by atoms with Crippen molar-refractivity contribution in [3.63, 3.8) is 0 Å². The van der Waals surface area contributed by atoms with E-state index in [1.807, 2.05) is 122 Å². The normalized spacial score (nSPS) is 21.9. The van der Waals surface area contributed by atoms with Crippen molar-refractivity contribution in [2.75, 3.05) is 23.0 Å². The molecule has 1 saturated heterocycles. The number of ether oxygens (including phenoxy) is 1. The fraction of sp³-hybridized carbons (Fsp3) is 0.295. The number of hydrogen-bond acceptors (Lipinski definition) is 5. The van der Waals surface area contributed by atoms with Gasteiger partial charge in [0.05, 0.1) is 42.6 Å². The lowest BCUT2D eigenvalue weighted by atomic mass is 9.71. The van der Waals surface area contributed by atoms with Crippen molar-refractivity contribution in [2.24, 2.45) is 11.8 Å². The molecule has 5 aromatic carbocycles. The maximum atomic E-state index is 16.3. The van der Waals surface area contributed by atoms with Crippen LogP contribution in [-0.2, 0) is 33.0 Å². The second-order valence-electron chi connectivity index (χ2n) is 14.9. The van der Waals surface area contributed by atoms with E-state index in [-0.39, 0.29) is 43.8 Å². The third kappa shape index (κ3) is 5.70. The fourth-order valence-electron chi connectivity index (χ4n) is 8.98. The van der Waals surface area contributed by atoms with E-state index >= 15 is 4.39 Å². The van der Waals surface area contributed by atoms with E-state index in [2.05, 4.69) is 0 Å². The number of benzene rings is 5. The molecule has 0 saturated carbocycles. The highest BCUT2D eigenvalue weighted by atomic mass is 19.1. The number of amides is 3. The predicted molar refractivity (Wildman–Crippen MR) is 202 cm³/mol. The Labute approximate surface area is 308 Å². The van der Waals surface area contributed by atoms with Crippen LogP contribution in [0, 0.1) is 11.8 Å². The van der Waals surface area contributed by atoms with E-state index in [4.69, 9.17) is 4.74 Å². The standard InChI is InChI=1S/C44H42FN3O5/c1-28-40(43(2,3)45)37(25-38(50)46(23-24-49)26-29-11-5-4-6-12-29)53-44(28)34-16-7-8-17-35(34)47(42(44)52)27-30-19-21-32(22-20-30)48-36-18-10-14-31-13-9-15-33(39(31)36)41(48)51/h4-22,28,37,40,49H,23-27H2,1-3H3/t28-,37+,40-,44+/m1/s1. The summed E-state index contributed by atoms with van der Waals surface area (Å²) >= 11 is 0. The SMILES string of the molecule is C[C@@H]1[C@@H](C(C)(C)F)[C@H](CC(=O)N(CCO)Cc2ccccc2)O[C@@]12C(=O)N(Cc1ccc(N3C(=O)c4cccc5cccc3c45)cc1)c1ccccc12. The lowest BCUT2D eigenvalue weighted by molar-refractivity contribution is -0.150. The van der Waals surface area contributed by atoms with Crippen molar-refractivity contribution in [3.8, 4) is 0 Å². The zero-order valence-electron chi connectivity index (χ0n) is 30.0. The van der Waals surface area contributed by atoms with Gasteiger partial charge in [0.15, 0.2) is 5.60 Å². The number of carbonyl (C=O) groups excluding carboxylic acids is 3. The molecule has 1 N–H and O–H groups in total. The minimum absolute atomic E-state index is 0.0829. The molecule has 0 aliphatic carbocycles. The van der Waals surface area contributed by atoms with E-state index in [1.165, 1.54) is 13.8 Å². The molecule has 3 heterocycles. The smallest absolute Gasteiger partial charge is 0.264 e. The van der Waals surface area contributed by atoms with Gasteiger partial charge in [-0.15, -0.1) is 0 Å². The van der Waals surface area contributed by atoms with Gasteiger partial charge < -0.3 is 19.6 Å². The second kappa shape index (κ2) is 13.2. The summed E-state index contributed by atoms with van der Waals surface area (Å²) < 4.78 is 23.1. The van der Waals surface area contributed by atoms with Gasteiger partial charge in [-0.1, -0.05) is 91.9 Å². The molecule has 0 bridgehead atoms. The number of hydrogen-bond donors (Lipinski definition) is 1. The number of anilines is 3. The van der Waals surface area contributed by atoms with E-state index < -0.39 is 29.2 Å². The molecule has 4 atom stereocenters. The van der Waals surface area contributed by atoms with Crippen LogP contribution in [0.5, 0.6) is 0 Å². The Morgan fingerprint density at radius 2 is 1.55 bits per heavy atom. The number of nitrogens with zero attached hydrogens (tertiary/aromatic N) is 3. The third-order valence-electron chi connectivity index (χ3n) is 11.3. The summed E-state index contributed by atoms with van der Waals surface area (Å²) in [6.45, 7) is 5.24. The van der Waals surface area contributed by atoms with Gasteiger partial charge in [0.25, 0.3) is 11.8 Å². The molecule has 9 heteroatoms. The van der Waals surface area contributed by atoms with Crippen LogP contribution >= 0.6 is 0 Å². The summed E-state index contributed by atoms with van der Waals surface area (Å²) in [6.07, 6.45) is -1.03. The first-order valence-electron chi connectivity index (χ1n) is 18.2. The summed E-state index contributed by atoms with van der Waals surface area (Å²) in [5, 5.41) is 11.8. The highest BCUT2D eigenvalue weighted by Crippen LogP contribution is 2.58. The van der Waals surface area contributed by atoms with Crippen molar-refractivity contribution in [2.45, 2.75) is 57.7 Å². The average Bonchev–Trinajstić information content (AvgIpc) is 3.70. The molecule has 270 valence electrons. The molecule has 8 rings (SSSR count). The largest absolute Gasteiger partial charge is 0.395 e. The van der Waals surface area contributed by atoms with Crippen molar-refractivity contribution in [1.29, 1.82) is 0 Å². The molecule has 3 aliphatic rings. The number of carbonyl (C=O) groups is 3. The van der Waals surface area contributed by atoms with Gasteiger partial charge in [-0.25, -0.2) is 4.39 Å². The Kier molecular flexibility index (Phi) is 8.66. The molecule has 0 aromatic heterocycles. The van der Waals surface area contributed by atoms with Gasteiger partial charge in [-0.05, 0) is 60.7 Å². The van der Waals surface area contributed by atoms with E-state index in [0.717, 1.165) is 33.3 Å². The first kappa shape index (κ1) is 34.7. The van der Waals surface area contributed by atoms with Crippen LogP contribution in [0.25, 0.3) is 10.8 Å². The second-order valence-corrected chi connectivity index (χ2v) is 14.9. The molecular formula is C44H42FN3O5. The van der Waals surface area contributed by atoms with E-state index in [1.54, 1.807) is 14.7 Å². The van der Waals surface area contributed by atoms with Gasteiger partial charge in [0.2, 0.25) is 5.91 Å². The highest BCUT2D eigenvalue weighted by Gasteiger charge is 2.66. The summed E-state index contributed by atoms with van der Waals surface area (Å²) in [7, 11) is 0. The first-order chi connectivity index (χ1) is 25.5. The van der Waals surface area contributed by atoms with Crippen molar-refractivity contribution >= 4 is 45.6 Å². The molecule has 0 radical (unpaired) electrons. The number of aliphatic hydroxyl groups is 1. The number of rotatable bonds is 10. The van der Waals surface area contributed by atoms with Gasteiger partial charge in [0.1, 0.15) is 5.67 Å². The third-order valence-corrected chi connectivity index (χ3v) is 11.3. The number of alkyl halides is 1. The highest BCUT2D eigenvalue weighted by molar-refractivity contribution is 6.27. The molecular weight excluding hydrogens is 669 g/mol. The topological polar surface area (TPSA) is 90.4 Å². The monoisotopic (exact) mass is 711 g/mol. The Morgan fingerprint density at radius 3 is 2.26 bits per heavy atom. The Morgan fingerprint density at radius 1 is 0.868 bits per heavy atom. The minimum Gasteiger partial charge on any atom is -0.395 e. The quantitative estimate of drug-likeness (QED) is 0.161. The number of para-hydroxylation sites is 1. The molecule has 3 aliphatic heterocycles. The fourth-order valence-corrected chi connectivity index (χ4v) is 8.98. The number of halogens is 1. The van der Waals surface area contributed by atoms with E-state index in [9.17, 15) is 19.5 Å². The van der Waals surface area contributed by atoms with E-state index in [0.29, 0.717) is 23.4 Å². The number of aliphatic hydroxyl groups excluding tert-OH is 1.